The van der Waals surface area contributed by atoms with Crippen LogP contribution in [-0.4, -0.2) is 43.5 Å². The first kappa shape index (κ1) is 25.4. The summed E-state index contributed by atoms with van der Waals surface area (Å²) in [4.78, 5) is 26.7. The van der Waals surface area contributed by atoms with Crippen molar-refractivity contribution in [3.63, 3.8) is 0 Å². The third-order valence-corrected chi connectivity index (χ3v) is 11.7. The van der Waals surface area contributed by atoms with Gasteiger partial charge >= 0.3 is 6.09 Å². The number of rotatable bonds is 7. The molecule has 7 aliphatic carbocycles. The van der Waals surface area contributed by atoms with Gasteiger partial charge in [0.15, 0.2) is 5.82 Å². The van der Waals surface area contributed by atoms with Crippen LogP contribution in [0.1, 0.15) is 127 Å². The highest BCUT2D eigenvalue weighted by atomic mass is 16.5. The molecule has 9 rings (SSSR count). The molecule has 0 aliphatic heterocycles. The first-order chi connectivity index (χ1) is 18.6. The van der Waals surface area contributed by atoms with E-state index in [1.807, 2.05) is 19.9 Å². The summed E-state index contributed by atoms with van der Waals surface area (Å²) >= 11 is 0. The second-order valence-corrected chi connectivity index (χ2v) is 14.1. The number of nitrogens with zero attached hydrogens (tertiary/aromatic N) is 4. The highest BCUT2D eigenvalue weighted by Crippen LogP contribution is 2.61. The molecule has 9 heteroatoms. The SMILES string of the molecule is CC(C)(O)C12CCC(c3ccnc(NC(=O)OCC45CCC(c6nc(C7CC7)no6)(CC4)CC5)n3)(CC1)CC2. The fourth-order valence-corrected chi connectivity index (χ4v) is 8.31. The number of amides is 1. The Hall–Kier alpha value is -2.55. The molecular formula is C30H41N5O4. The van der Waals surface area contributed by atoms with E-state index in [2.05, 4.69) is 15.5 Å². The first-order valence-corrected chi connectivity index (χ1v) is 15.0. The molecule has 0 atom stereocenters. The van der Waals surface area contributed by atoms with Crippen LogP contribution in [0.2, 0.25) is 0 Å². The van der Waals surface area contributed by atoms with E-state index in [1.165, 1.54) is 12.8 Å². The number of hydrogen-bond donors (Lipinski definition) is 2. The summed E-state index contributed by atoms with van der Waals surface area (Å²) in [5, 5.41) is 17.8. The molecule has 2 N–H and O–H groups in total. The van der Waals surface area contributed by atoms with Gasteiger partial charge in [-0.15, -0.1) is 0 Å². The predicted molar refractivity (Wildman–Crippen MR) is 143 cm³/mol. The Kier molecular flexibility index (Phi) is 5.69. The number of aliphatic hydroxyl groups is 1. The van der Waals surface area contributed by atoms with Crippen molar-refractivity contribution in [1.29, 1.82) is 0 Å². The molecule has 0 radical (unpaired) electrons. The van der Waals surface area contributed by atoms with Gasteiger partial charge in [-0.1, -0.05) is 5.16 Å². The van der Waals surface area contributed by atoms with Gasteiger partial charge in [0.2, 0.25) is 11.8 Å². The van der Waals surface area contributed by atoms with E-state index in [0.29, 0.717) is 18.5 Å². The molecule has 39 heavy (non-hydrogen) atoms. The summed E-state index contributed by atoms with van der Waals surface area (Å²) in [6.07, 6.45) is 15.7. The van der Waals surface area contributed by atoms with E-state index < -0.39 is 11.7 Å². The number of ether oxygens (including phenoxy) is 1. The fourth-order valence-electron chi connectivity index (χ4n) is 8.31. The van der Waals surface area contributed by atoms with Crippen LogP contribution in [0.3, 0.4) is 0 Å². The Bertz CT molecular complexity index is 1210. The molecule has 0 aromatic carbocycles. The zero-order valence-electron chi connectivity index (χ0n) is 23.3. The number of carbonyl (C=O) groups excluding carboxylic acids is 1. The molecule has 0 spiro atoms. The Morgan fingerprint density at radius 3 is 2.26 bits per heavy atom. The van der Waals surface area contributed by atoms with Gasteiger partial charge in [-0.25, -0.2) is 14.8 Å². The van der Waals surface area contributed by atoms with Gasteiger partial charge in [-0.05, 0) is 115 Å². The lowest BCUT2D eigenvalue weighted by molar-refractivity contribution is -0.120. The van der Waals surface area contributed by atoms with Gasteiger partial charge in [0.05, 0.1) is 17.9 Å². The number of carbonyl (C=O) groups is 1. The fraction of sp³-hybridized carbons (Fsp3) is 0.767. The second kappa shape index (κ2) is 8.72. The molecule has 7 fully saturated rings. The maximum absolute atomic E-state index is 12.8. The van der Waals surface area contributed by atoms with Crippen LogP contribution < -0.4 is 5.32 Å². The van der Waals surface area contributed by atoms with Crippen LogP contribution in [0.15, 0.2) is 16.8 Å². The minimum Gasteiger partial charge on any atom is -0.449 e. The lowest BCUT2D eigenvalue weighted by atomic mass is 9.49. The molecule has 7 aliphatic rings. The minimum atomic E-state index is -0.661. The van der Waals surface area contributed by atoms with Crippen LogP contribution in [-0.2, 0) is 15.6 Å². The summed E-state index contributed by atoms with van der Waals surface area (Å²) in [6, 6.07) is 1.99. The molecule has 2 heterocycles. The number of nitrogens with one attached hydrogen (secondary N) is 1. The highest BCUT2D eigenvalue weighted by Gasteiger charge is 2.56. The van der Waals surface area contributed by atoms with Crippen LogP contribution in [0, 0.1) is 10.8 Å². The topological polar surface area (TPSA) is 123 Å². The van der Waals surface area contributed by atoms with Crippen molar-refractivity contribution in [1.82, 2.24) is 20.1 Å². The summed E-state index contributed by atoms with van der Waals surface area (Å²) in [7, 11) is 0. The molecule has 9 nitrogen and oxygen atoms in total. The van der Waals surface area contributed by atoms with Crippen molar-refractivity contribution in [3.05, 3.63) is 29.7 Å². The minimum absolute atomic E-state index is 0.00265. The van der Waals surface area contributed by atoms with Gasteiger partial charge in [0.25, 0.3) is 0 Å². The predicted octanol–water partition coefficient (Wildman–Crippen LogP) is 5.94. The standard InChI is InChI=1S/C30H41N5O4/c1-26(2,37)30-15-12-28(13-16-30,14-17-30)21-5-18-31-24(32-21)34-25(36)38-19-27-6-9-29(10-7-27,11-8-27)23-33-22(35-39-23)20-3-4-20/h5,18,20,37H,3-4,6-17,19H2,1-2H3,(H,31,32,34,36). The van der Waals surface area contributed by atoms with Gasteiger partial charge < -0.3 is 14.4 Å². The lowest BCUT2D eigenvalue weighted by Gasteiger charge is -2.57. The quantitative estimate of drug-likeness (QED) is 0.446. The molecule has 4 bridgehead atoms. The monoisotopic (exact) mass is 535 g/mol. The summed E-state index contributed by atoms with van der Waals surface area (Å²) in [6.45, 7) is 4.33. The van der Waals surface area contributed by atoms with Crippen molar-refractivity contribution in [2.24, 2.45) is 10.8 Å². The van der Waals surface area contributed by atoms with E-state index in [9.17, 15) is 9.90 Å². The molecule has 0 unspecified atom stereocenters. The Labute approximate surface area is 229 Å². The smallest absolute Gasteiger partial charge is 0.414 e. The summed E-state index contributed by atoms with van der Waals surface area (Å²) < 4.78 is 11.5. The van der Waals surface area contributed by atoms with E-state index in [1.54, 1.807) is 6.20 Å². The van der Waals surface area contributed by atoms with Gasteiger partial charge in [-0.2, -0.15) is 4.98 Å². The van der Waals surface area contributed by atoms with E-state index >= 15 is 0 Å². The molecule has 7 saturated carbocycles. The average Bonchev–Trinajstić information content (AvgIpc) is 3.69. The average molecular weight is 536 g/mol. The van der Waals surface area contributed by atoms with E-state index in [4.69, 9.17) is 19.2 Å². The van der Waals surface area contributed by atoms with Crippen LogP contribution in [0.25, 0.3) is 0 Å². The molecule has 2 aromatic heterocycles. The summed E-state index contributed by atoms with van der Waals surface area (Å²) in [5.41, 5.74) is 0.377. The van der Waals surface area contributed by atoms with Crippen LogP contribution in [0.4, 0.5) is 10.7 Å². The van der Waals surface area contributed by atoms with Crippen molar-refractivity contribution in [2.75, 3.05) is 11.9 Å². The van der Waals surface area contributed by atoms with Gasteiger partial charge in [0, 0.05) is 28.4 Å². The molecule has 1 amide bonds. The van der Waals surface area contributed by atoms with Gasteiger partial charge in [0.1, 0.15) is 0 Å². The number of hydrogen-bond acceptors (Lipinski definition) is 8. The Balaban J connectivity index is 0.947. The zero-order chi connectivity index (χ0) is 26.9. The molecule has 0 saturated heterocycles. The normalized spacial score (nSPS) is 35.7. The highest BCUT2D eigenvalue weighted by molar-refractivity contribution is 5.82. The maximum Gasteiger partial charge on any atom is 0.414 e. The zero-order valence-corrected chi connectivity index (χ0v) is 23.3. The summed E-state index contributed by atoms with van der Waals surface area (Å²) in [5.74, 6) is 2.53. The van der Waals surface area contributed by atoms with Crippen LogP contribution in [0.5, 0.6) is 0 Å². The third kappa shape index (κ3) is 4.26. The molecule has 210 valence electrons. The third-order valence-electron chi connectivity index (χ3n) is 11.7. The number of aromatic nitrogens is 4. The second-order valence-electron chi connectivity index (χ2n) is 14.1. The van der Waals surface area contributed by atoms with Crippen molar-refractivity contribution < 1.29 is 19.2 Å². The molecular weight excluding hydrogens is 494 g/mol. The largest absolute Gasteiger partial charge is 0.449 e. The molecule has 2 aromatic rings. The van der Waals surface area contributed by atoms with E-state index in [-0.39, 0.29) is 21.7 Å². The number of anilines is 1. The van der Waals surface area contributed by atoms with Crippen molar-refractivity contribution in [2.45, 2.75) is 126 Å². The van der Waals surface area contributed by atoms with Crippen molar-refractivity contribution in [3.8, 4) is 0 Å². The number of fused-ring (bicyclic) bond motifs is 6. The maximum atomic E-state index is 12.8. The first-order valence-electron chi connectivity index (χ1n) is 15.0. The van der Waals surface area contributed by atoms with Crippen molar-refractivity contribution >= 4 is 12.0 Å². The van der Waals surface area contributed by atoms with Gasteiger partial charge in [-0.3, -0.25) is 5.32 Å². The Morgan fingerprint density at radius 2 is 1.64 bits per heavy atom. The Morgan fingerprint density at radius 1 is 1.00 bits per heavy atom. The van der Waals surface area contributed by atoms with E-state index in [0.717, 1.165) is 94.5 Å². The van der Waals surface area contributed by atoms with Crippen LogP contribution >= 0.6 is 0 Å². The lowest BCUT2D eigenvalue weighted by Crippen LogP contribution is -2.54.